The molecule has 2 aromatic rings. The third-order valence-electron chi connectivity index (χ3n) is 2.29. The maximum atomic E-state index is 12.2. The molecule has 0 aliphatic carbocycles. The van der Waals surface area contributed by atoms with E-state index in [2.05, 4.69) is 0 Å². The van der Waals surface area contributed by atoms with Crippen LogP contribution in [0.25, 0.3) is 0 Å². The number of ether oxygens (including phenoxy) is 1. The van der Waals surface area contributed by atoms with E-state index < -0.39 is 10.8 Å². The number of benzene rings is 1. The summed E-state index contributed by atoms with van der Waals surface area (Å²) >= 11 is 1.60. The van der Waals surface area contributed by atoms with Crippen molar-refractivity contribution in [1.29, 1.82) is 0 Å². The van der Waals surface area contributed by atoms with Crippen molar-refractivity contribution in [2.45, 2.75) is 10.6 Å². The number of hydrogen-bond donors (Lipinski definition) is 1. The molecule has 1 atom stereocenters. The van der Waals surface area contributed by atoms with Crippen LogP contribution in [0.5, 0.6) is 5.75 Å². The number of anilines is 1. The second-order valence-electron chi connectivity index (χ2n) is 3.48. The summed E-state index contributed by atoms with van der Waals surface area (Å²) in [6.07, 6.45) is 0. The second-order valence-corrected chi connectivity index (χ2v) is 5.93. The van der Waals surface area contributed by atoms with Gasteiger partial charge in [-0.15, -0.1) is 11.3 Å². The summed E-state index contributed by atoms with van der Waals surface area (Å²) in [6.45, 7) is 0. The highest BCUT2D eigenvalue weighted by atomic mass is 32.2. The summed E-state index contributed by atoms with van der Waals surface area (Å²) in [6, 6.07) is 9.13. The molecule has 90 valence electrons. The fourth-order valence-corrected chi connectivity index (χ4v) is 3.65. The SMILES string of the molecule is COc1cc(N)ccc1S(=O)Cc1cccs1. The summed E-state index contributed by atoms with van der Waals surface area (Å²) in [5, 5.41) is 1.98. The van der Waals surface area contributed by atoms with Crippen molar-refractivity contribution < 1.29 is 8.95 Å². The molecule has 0 fully saturated rings. The van der Waals surface area contributed by atoms with Gasteiger partial charge >= 0.3 is 0 Å². The normalized spacial score (nSPS) is 12.3. The van der Waals surface area contributed by atoms with Gasteiger partial charge in [0, 0.05) is 16.6 Å². The number of hydrogen-bond acceptors (Lipinski definition) is 4. The van der Waals surface area contributed by atoms with Crippen LogP contribution in [-0.4, -0.2) is 11.3 Å². The molecule has 0 radical (unpaired) electrons. The Kier molecular flexibility index (Phi) is 3.81. The van der Waals surface area contributed by atoms with Gasteiger partial charge in [0.1, 0.15) is 5.75 Å². The maximum Gasteiger partial charge on any atom is 0.137 e. The Balaban J connectivity index is 2.24. The molecule has 0 aliphatic rings. The summed E-state index contributed by atoms with van der Waals surface area (Å²) in [5.41, 5.74) is 6.27. The van der Waals surface area contributed by atoms with Crippen LogP contribution in [0.4, 0.5) is 5.69 Å². The third-order valence-corrected chi connectivity index (χ3v) is 4.75. The molecule has 0 spiro atoms. The highest BCUT2D eigenvalue weighted by Crippen LogP contribution is 2.27. The van der Waals surface area contributed by atoms with E-state index in [1.165, 1.54) is 0 Å². The molecular weight excluding hydrogens is 254 g/mol. The van der Waals surface area contributed by atoms with E-state index in [9.17, 15) is 4.21 Å². The van der Waals surface area contributed by atoms with Crippen molar-refractivity contribution in [2.75, 3.05) is 12.8 Å². The van der Waals surface area contributed by atoms with Gasteiger partial charge in [-0.05, 0) is 23.6 Å². The number of nitrogen functional groups attached to an aromatic ring is 1. The molecule has 1 heterocycles. The molecule has 2 N–H and O–H groups in total. The standard InChI is InChI=1S/C12H13NO2S2/c1-15-11-7-9(13)4-5-12(11)17(14)8-10-3-2-6-16-10/h2-7H,8,13H2,1H3. The van der Waals surface area contributed by atoms with Crippen LogP contribution in [0.2, 0.25) is 0 Å². The van der Waals surface area contributed by atoms with Gasteiger partial charge in [-0.25, -0.2) is 0 Å². The van der Waals surface area contributed by atoms with Gasteiger partial charge in [0.2, 0.25) is 0 Å². The Hall–Kier alpha value is -1.33. The predicted octanol–water partition coefficient (Wildman–Crippen LogP) is 2.65. The number of nitrogens with two attached hydrogens (primary N) is 1. The first kappa shape index (κ1) is 12.1. The van der Waals surface area contributed by atoms with Crippen molar-refractivity contribution in [1.82, 2.24) is 0 Å². The van der Waals surface area contributed by atoms with Crippen molar-refractivity contribution in [2.24, 2.45) is 0 Å². The lowest BCUT2D eigenvalue weighted by Gasteiger charge is -2.08. The molecule has 17 heavy (non-hydrogen) atoms. The summed E-state index contributed by atoms with van der Waals surface area (Å²) < 4.78 is 17.4. The minimum Gasteiger partial charge on any atom is -0.495 e. The molecule has 3 nitrogen and oxygen atoms in total. The zero-order valence-corrected chi connectivity index (χ0v) is 11.0. The molecule has 0 bridgehead atoms. The van der Waals surface area contributed by atoms with Crippen molar-refractivity contribution in [3.05, 3.63) is 40.6 Å². The maximum absolute atomic E-state index is 12.2. The van der Waals surface area contributed by atoms with Crippen LogP contribution in [0, 0.1) is 0 Å². The first-order valence-corrected chi connectivity index (χ1v) is 7.25. The van der Waals surface area contributed by atoms with E-state index >= 15 is 0 Å². The van der Waals surface area contributed by atoms with E-state index in [4.69, 9.17) is 10.5 Å². The fraction of sp³-hybridized carbons (Fsp3) is 0.167. The molecule has 1 unspecified atom stereocenters. The van der Waals surface area contributed by atoms with Crippen LogP contribution in [0.1, 0.15) is 4.88 Å². The van der Waals surface area contributed by atoms with E-state index in [1.54, 1.807) is 36.6 Å². The molecule has 1 aromatic carbocycles. The highest BCUT2D eigenvalue weighted by Gasteiger charge is 2.12. The first-order valence-electron chi connectivity index (χ1n) is 5.05. The zero-order chi connectivity index (χ0) is 12.3. The molecule has 5 heteroatoms. The average Bonchev–Trinajstić information content (AvgIpc) is 2.81. The Bertz CT molecular complexity index is 523. The molecule has 0 saturated carbocycles. The molecule has 0 amide bonds. The third kappa shape index (κ3) is 2.87. The van der Waals surface area contributed by atoms with Crippen LogP contribution < -0.4 is 10.5 Å². The molecule has 2 rings (SSSR count). The lowest BCUT2D eigenvalue weighted by Crippen LogP contribution is -1.99. The highest BCUT2D eigenvalue weighted by molar-refractivity contribution is 7.84. The zero-order valence-electron chi connectivity index (χ0n) is 9.38. The van der Waals surface area contributed by atoms with Gasteiger partial charge in [0.05, 0.1) is 28.6 Å². The Morgan fingerprint density at radius 3 is 2.88 bits per heavy atom. The minimum absolute atomic E-state index is 0.512. The Labute approximate surface area is 107 Å². The van der Waals surface area contributed by atoms with E-state index in [-0.39, 0.29) is 0 Å². The summed E-state index contributed by atoms with van der Waals surface area (Å²) in [4.78, 5) is 1.79. The average molecular weight is 267 g/mol. The van der Waals surface area contributed by atoms with Crippen LogP contribution in [-0.2, 0) is 16.6 Å². The van der Waals surface area contributed by atoms with Crippen molar-refractivity contribution in [3.63, 3.8) is 0 Å². The monoisotopic (exact) mass is 267 g/mol. The molecule has 0 aliphatic heterocycles. The smallest absolute Gasteiger partial charge is 0.137 e. The largest absolute Gasteiger partial charge is 0.495 e. The Morgan fingerprint density at radius 2 is 2.24 bits per heavy atom. The fourth-order valence-electron chi connectivity index (χ4n) is 1.47. The lowest BCUT2D eigenvalue weighted by molar-refractivity contribution is 0.404. The van der Waals surface area contributed by atoms with Gasteiger partial charge < -0.3 is 10.5 Å². The van der Waals surface area contributed by atoms with E-state index in [0.29, 0.717) is 22.1 Å². The molecule has 1 aromatic heterocycles. The van der Waals surface area contributed by atoms with Crippen molar-refractivity contribution >= 4 is 27.8 Å². The Morgan fingerprint density at radius 1 is 1.41 bits per heavy atom. The summed E-state index contributed by atoms with van der Waals surface area (Å²) in [7, 11) is 0.454. The van der Waals surface area contributed by atoms with Crippen LogP contribution >= 0.6 is 11.3 Å². The van der Waals surface area contributed by atoms with Gasteiger partial charge in [-0.2, -0.15) is 0 Å². The van der Waals surface area contributed by atoms with E-state index in [1.807, 2.05) is 17.5 Å². The topological polar surface area (TPSA) is 52.3 Å². The second kappa shape index (κ2) is 5.33. The van der Waals surface area contributed by atoms with Crippen molar-refractivity contribution in [3.8, 4) is 5.75 Å². The van der Waals surface area contributed by atoms with Gasteiger partial charge in [0.15, 0.2) is 0 Å². The number of rotatable bonds is 4. The molecular formula is C12H13NO2S2. The van der Waals surface area contributed by atoms with Gasteiger partial charge in [0.25, 0.3) is 0 Å². The van der Waals surface area contributed by atoms with E-state index in [0.717, 1.165) is 4.88 Å². The first-order chi connectivity index (χ1) is 8.20. The van der Waals surface area contributed by atoms with Gasteiger partial charge in [-0.1, -0.05) is 6.07 Å². The lowest BCUT2D eigenvalue weighted by atomic mass is 10.3. The molecule has 0 saturated heterocycles. The predicted molar refractivity (Wildman–Crippen MR) is 71.8 cm³/mol. The quantitative estimate of drug-likeness (QED) is 0.866. The number of methoxy groups -OCH3 is 1. The minimum atomic E-state index is -1.10. The summed E-state index contributed by atoms with van der Waals surface area (Å²) in [5.74, 6) is 1.10. The van der Waals surface area contributed by atoms with Gasteiger partial charge in [-0.3, -0.25) is 4.21 Å². The van der Waals surface area contributed by atoms with Crippen LogP contribution in [0.3, 0.4) is 0 Å². The van der Waals surface area contributed by atoms with Crippen LogP contribution in [0.15, 0.2) is 40.6 Å². The number of thiophene rings is 1.